The Morgan fingerprint density at radius 2 is 1.55 bits per heavy atom. The lowest BCUT2D eigenvalue weighted by molar-refractivity contribution is 1.53. The number of thiophene rings is 2. The molecule has 0 atom stereocenters. The van der Waals surface area contributed by atoms with Crippen LogP contribution in [0.2, 0.25) is 0 Å². The number of aryl methyl sites for hydroxylation is 2. The molecule has 0 fully saturated rings. The highest BCUT2D eigenvalue weighted by Crippen LogP contribution is 2.41. The highest BCUT2D eigenvalue weighted by molar-refractivity contribution is 7.23. The molecule has 2 aromatic carbocycles. The highest BCUT2D eigenvalue weighted by atomic mass is 32.1. The molecule has 0 aliphatic carbocycles. The minimum atomic E-state index is 1.30. The van der Waals surface area contributed by atoms with Gasteiger partial charge in [0.2, 0.25) is 0 Å². The zero-order valence-electron chi connectivity index (χ0n) is 12.6. The summed E-state index contributed by atoms with van der Waals surface area (Å²) in [7, 11) is 0. The Kier molecular flexibility index (Phi) is 3.36. The Balaban J connectivity index is 1.84. The van der Waals surface area contributed by atoms with Gasteiger partial charge in [-0.3, -0.25) is 0 Å². The van der Waals surface area contributed by atoms with Gasteiger partial charge in [0.25, 0.3) is 0 Å². The van der Waals surface area contributed by atoms with Gasteiger partial charge >= 0.3 is 0 Å². The maximum Gasteiger partial charge on any atom is 0.0472 e. The molecular formula is C20H16S2. The Hall–Kier alpha value is -1.90. The predicted octanol–water partition coefficient (Wildman–Crippen LogP) is 6.91. The second-order valence-electron chi connectivity index (χ2n) is 5.62. The van der Waals surface area contributed by atoms with Crippen molar-refractivity contribution in [1.29, 1.82) is 0 Å². The maximum atomic E-state index is 2.33. The Morgan fingerprint density at radius 3 is 2.32 bits per heavy atom. The fraction of sp³-hybridized carbons (Fsp3) is 0.100. The van der Waals surface area contributed by atoms with E-state index in [1.165, 1.54) is 42.1 Å². The van der Waals surface area contributed by atoms with Gasteiger partial charge in [-0.05, 0) is 64.9 Å². The predicted molar refractivity (Wildman–Crippen MR) is 100 cm³/mol. The first-order valence-electron chi connectivity index (χ1n) is 7.36. The lowest BCUT2D eigenvalue weighted by atomic mass is 10.0. The Morgan fingerprint density at radius 1 is 0.727 bits per heavy atom. The van der Waals surface area contributed by atoms with E-state index in [-0.39, 0.29) is 0 Å². The lowest BCUT2D eigenvalue weighted by Gasteiger charge is -2.03. The molecule has 0 unspecified atom stereocenters. The molecule has 4 aromatic rings. The second-order valence-corrected chi connectivity index (χ2v) is 7.59. The summed E-state index contributed by atoms with van der Waals surface area (Å²) in [6.07, 6.45) is 0. The fourth-order valence-corrected chi connectivity index (χ4v) is 5.12. The van der Waals surface area contributed by atoms with Gasteiger partial charge in [-0.25, -0.2) is 0 Å². The van der Waals surface area contributed by atoms with E-state index in [0.29, 0.717) is 0 Å². The van der Waals surface area contributed by atoms with Crippen molar-refractivity contribution in [2.75, 3.05) is 0 Å². The number of fused-ring (bicyclic) bond motifs is 1. The molecule has 0 aliphatic heterocycles. The molecule has 0 aliphatic rings. The molecule has 0 radical (unpaired) electrons. The van der Waals surface area contributed by atoms with E-state index in [2.05, 4.69) is 73.8 Å². The standard InChI is InChI=1S/C20H16S2/c1-13-9-10-21-20(13)18-11-14(2)19(22-18)17-8-7-15-5-3-4-6-16(15)12-17/h3-12H,1-2H3. The topological polar surface area (TPSA) is 0 Å². The molecule has 22 heavy (non-hydrogen) atoms. The normalized spacial score (nSPS) is 11.2. The first-order valence-corrected chi connectivity index (χ1v) is 9.06. The summed E-state index contributed by atoms with van der Waals surface area (Å²) >= 11 is 3.74. The molecule has 108 valence electrons. The van der Waals surface area contributed by atoms with Crippen LogP contribution in [0.1, 0.15) is 11.1 Å². The van der Waals surface area contributed by atoms with Gasteiger partial charge in [0.1, 0.15) is 0 Å². The molecule has 2 heteroatoms. The fourth-order valence-electron chi connectivity index (χ4n) is 2.84. The number of benzene rings is 2. The van der Waals surface area contributed by atoms with Crippen LogP contribution in [0.25, 0.3) is 31.0 Å². The first-order chi connectivity index (χ1) is 10.7. The van der Waals surface area contributed by atoms with Crippen molar-refractivity contribution in [3.8, 4) is 20.2 Å². The van der Waals surface area contributed by atoms with Crippen LogP contribution in [0.5, 0.6) is 0 Å². The van der Waals surface area contributed by atoms with E-state index in [1.807, 2.05) is 22.7 Å². The van der Waals surface area contributed by atoms with Crippen LogP contribution >= 0.6 is 22.7 Å². The van der Waals surface area contributed by atoms with E-state index in [0.717, 1.165) is 0 Å². The van der Waals surface area contributed by atoms with E-state index >= 15 is 0 Å². The third-order valence-electron chi connectivity index (χ3n) is 4.02. The van der Waals surface area contributed by atoms with Crippen molar-refractivity contribution >= 4 is 33.4 Å². The molecule has 2 heterocycles. The van der Waals surface area contributed by atoms with Crippen LogP contribution in [-0.2, 0) is 0 Å². The molecule has 0 spiro atoms. The molecular weight excluding hydrogens is 304 g/mol. The van der Waals surface area contributed by atoms with E-state index in [4.69, 9.17) is 0 Å². The van der Waals surface area contributed by atoms with E-state index < -0.39 is 0 Å². The largest absolute Gasteiger partial charge is 0.143 e. The summed E-state index contributed by atoms with van der Waals surface area (Å²) in [6.45, 7) is 4.41. The van der Waals surface area contributed by atoms with Crippen LogP contribution in [0.3, 0.4) is 0 Å². The van der Waals surface area contributed by atoms with Crippen molar-refractivity contribution in [2.24, 2.45) is 0 Å². The summed E-state index contributed by atoms with van der Waals surface area (Å²) in [5, 5.41) is 4.78. The van der Waals surface area contributed by atoms with Crippen molar-refractivity contribution in [3.63, 3.8) is 0 Å². The molecule has 4 rings (SSSR count). The van der Waals surface area contributed by atoms with Gasteiger partial charge in [-0.2, -0.15) is 0 Å². The SMILES string of the molecule is Cc1cc(-c2sccc2C)sc1-c1ccc2ccccc2c1. The smallest absolute Gasteiger partial charge is 0.0472 e. The summed E-state index contributed by atoms with van der Waals surface area (Å²) in [6, 6.07) is 19.8. The zero-order valence-corrected chi connectivity index (χ0v) is 14.2. The van der Waals surface area contributed by atoms with Gasteiger partial charge in [-0.15, -0.1) is 22.7 Å². The van der Waals surface area contributed by atoms with Crippen LogP contribution in [0.4, 0.5) is 0 Å². The number of rotatable bonds is 2. The zero-order chi connectivity index (χ0) is 15.1. The maximum absolute atomic E-state index is 2.33. The molecule has 0 nitrogen and oxygen atoms in total. The summed E-state index contributed by atoms with van der Waals surface area (Å²) in [4.78, 5) is 4.17. The van der Waals surface area contributed by atoms with E-state index in [1.54, 1.807) is 0 Å². The third kappa shape index (κ3) is 2.29. The molecule has 0 saturated heterocycles. The minimum absolute atomic E-state index is 1.30. The third-order valence-corrected chi connectivity index (χ3v) is 6.50. The Bertz CT molecular complexity index is 957. The summed E-state index contributed by atoms with van der Waals surface area (Å²) in [5.74, 6) is 0. The Labute approximate surface area is 138 Å². The molecule has 0 saturated carbocycles. The highest BCUT2D eigenvalue weighted by Gasteiger charge is 2.12. The number of hydrogen-bond acceptors (Lipinski definition) is 2. The van der Waals surface area contributed by atoms with Crippen molar-refractivity contribution in [1.82, 2.24) is 0 Å². The second kappa shape index (κ2) is 5.38. The van der Waals surface area contributed by atoms with Crippen molar-refractivity contribution in [3.05, 3.63) is 71.1 Å². The van der Waals surface area contributed by atoms with Crippen LogP contribution in [0, 0.1) is 13.8 Å². The van der Waals surface area contributed by atoms with Gasteiger partial charge < -0.3 is 0 Å². The molecule has 0 N–H and O–H groups in total. The lowest BCUT2D eigenvalue weighted by Crippen LogP contribution is -1.77. The summed E-state index contributed by atoms with van der Waals surface area (Å²) in [5.41, 5.74) is 4.06. The molecule has 2 aromatic heterocycles. The average Bonchev–Trinajstić information content (AvgIpc) is 3.12. The monoisotopic (exact) mass is 320 g/mol. The van der Waals surface area contributed by atoms with Gasteiger partial charge in [0.15, 0.2) is 0 Å². The minimum Gasteiger partial charge on any atom is -0.143 e. The van der Waals surface area contributed by atoms with Crippen molar-refractivity contribution < 1.29 is 0 Å². The number of hydrogen-bond donors (Lipinski definition) is 0. The van der Waals surface area contributed by atoms with Gasteiger partial charge in [-0.1, -0.05) is 36.4 Å². The van der Waals surface area contributed by atoms with Crippen LogP contribution in [0.15, 0.2) is 60.0 Å². The summed E-state index contributed by atoms with van der Waals surface area (Å²) < 4.78 is 0. The van der Waals surface area contributed by atoms with Crippen molar-refractivity contribution in [2.45, 2.75) is 13.8 Å². The van der Waals surface area contributed by atoms with E-state index in [9.17, 15) is 0 Å². The molecule has 0 amide bonds. The molecule has 0 bridgehead atoms. The quantitative estimate of drug-likeness (QED) is 0.376. The first kappa shape index (κ1) is 13.7. The van der Waals surface area contributed by atoms with Gasteiger partial charge in [0.05, 0.1) is 0 Å². The van der Waals surface area contributed by atoms with Crippen LogP contribution in [-0.4, -0.2) is 0 Å². The van der Waals surface area contributed by atoms with Gasteiger partial charge in [0, 0.05) is 14.6 Å². The average molecular weight is 320 g/mol. The van der Waals surface area contributed by atoms with Crippen LogP contribution < -0.4 is 0 Å².